The molecule has 0 saturated heterocycles. The van der Waals surface area contributed by atoms with Gasteiger partial charge in [0.25, 0.3) is 5.91 Å². The third-order valence-corrected chi connectivity index (χ3v) is 5.02. The van der Waals surface area contributed by atoms with E-state index in [1.807, 2.05) is 44.2 Å². The number of nitrogens with zero attached hydrogens (tertiary/aromatic N) is 2. The van der Waals surface area contributed by atoms with Crippen LogP contribution in [0, 0.1) is 5.82 Å². The summed E-state index contributed by atoms with van der Waals surface area (Å²) < 4.78 is 14.7. The number of aromatic nitrogens is 2. The Morgan fingerprint density at radius 3 is 2.70 bits per heavy atom. The zero-order valence-electron chi connectivity index (χ0n) is 17.2. The first-order chi connectivity index (χ1) is 14.4. The van der Waals surface area contributed by atoms with Crippen LogP contribution in [0.5, 0.6) is 0 Å². The van der Waals surface area contributed by atoms with Gasteiger partial charge in [-0.25, -0.2) is 9.37 Å². The molecule has 0 aliphatic carbocycles. The fourth-order valence-corrected chi connectivity index (χ4v) is 3.33. The van der Waals surface area contributed by atoms with Gasteiger partial charge in [0.1, 0.15) is 5.82 Å². The molecule has 3 aromatic rings. The molecular weight excluding hydrogens is 383 g/mol. The Morgan fingerprint density at radius 1 is 1.20 bits per heavy atom. The Hall–Kier alpha value is -3.26. The number of carbonyl (C=O) groups is 1. The van der Waals surface area contributed by atoms with Gasteiger partial charge in [-0.05, 0) is 43.2 Å². The molecule has 2 aromatic heterocycles. The Kier molecular flexibility index (Phi) is 6.79. The fraction of sp³-hybridized carbons (Fsp3) is 0.318. The Bertz CT molecular complexity index is 1040. The van der Waals surface area contributed by atoms with Crippen molar-refractivity contribution >= 4 is 34.1 Å². The number of primary amides is 1. The normalized spacial score (nSPS) is 13.1. The second-order valence-electron chi connectivity index (χ2n) is 7.23. The number of amides is 1. The van der Waals surface area contributed by atoms with Crippen molar-refractivity contribution in [2.45, 2.75) is 45.2 Å². The van der Waals surface area contributed by atoms with Crippen LogP contribution < -0.4 is 22.1 Å². The van der Waals surface area contributed by atoms with Gasteiger partial charge in [-0.15, -0.1) is 0 Å². The van der Waals surface area contributed by atoms with Crippen molar-refractivity contribution in [3.8, 4) is 0 Å². The lowest BCUT2D eigenvalue weighted by atomic mass is 10.0. The van der Waals surface area contributed by atoms with E-state index in [0.29, 0.717) is 5.69 Å². The quantitative estimate of drug-likeness (QED) is 0.424. The molecule has 0 unspecified atom stereocenters. The Labute approximate surface area is 175 Å². The van der Waals surface area contributed by atoms with Gasteiger partial charge in [0, 0.05) is 29.4 Å². The van der Waals surface area contributed by atoms with Crippen LogP contribution in [0.1, 0.15) is 43.5 Å². The number of anilines is 3. The standard InChI is InChI=1S/C22H27FN6O/c1-3-6-19(17(24)4-2)28-22-16(23)12-15(20(25)30)21(29-22)27-14-8-9-18-13(11-14)7-5-10-26-18/h5,7-12,17,19H,3-4,6,24H2,1-2H3,(H2,25,30)(H2,27,28,29)/t17-,19+/m0/s1. The first kappa shape index (κ1) is 21.4. The van der Waals surface area contributed by atoms with E-state index in [1.165, 1.54) is 0 Å². The number of fused-ring (bicyclic) bond motifs is 1. The summed E-state index contributed by atoms with van der Waals surface area (Å²) in [4.78, 5) is 20.5. The van der Waals surface area contributed by atoms with Crippen molar-refractivity contribution in [1.29, 1.82) is 0 Å². The molecule has 0 bridgehead atoms. The second kappa shape index (κ2) is 9.49. The SMILES string of the molecule is CCC[C@@H](Nc1nc(Nc2ccc3ncccc3c2)c(C(N)=O)cc1F)[C@@H](N)CC. The number of halogens is 1. The van der Waals surface area contributed by atoms with E-state index in [0.717, 1.165) is 36.2 Å². The number of hydrogen-bond acceptors (Lipinski definition) is 6. The van der Waals surface area contributed by atoms with Gasteiger partial charge in [0.15, 0.2) is 11.6 Å². The summed E-state index contributed by atoms with van der Waals surface area (Å²) in [5.41, 5.74) is 13.1. The molecule has 0 radical (unpaired) electrons. The lowest BCUT2D eigenvalue weighted by Gasteiger charge is -2.25. The number of pyridine rings is 2. The van der Waals surface area contributed by atoms with Crippen LogP contribution in [0.3, 0.4) is 0 Å². The highest BCUT2D eigenvalue weighted by Crippen LogP contribution is 2.26. The van der Waals surface area contributed by atoms with E-state index in [9.17, 15) is 9.18 Å². The van der Waals surface area contributed by atoms with E-state index in [4.69, 9.17) is 11.5 Å². The number of carbonyl (C=O) groups excluding carboxylic acids is 1. The van der Waals surface area contributed by atoms with Crippen molar-refractivity contribution in [1.82, 2.24) is 9.97 Å². The molecule has 158 valence electrons. The van der Waals surface area contributed by atoms with E-state index in [1.54, 1.807) is 6.20 Å². The average Bonchev–Trinajstić information content (AvgIpc) is 2.74. The molecule has 2 atom stereocenters. The summed E-state index contributed by atoms with van der Waals surface area (Å²) in [6.07, 6.45) is 4.12. The fourth-order valence-electron chi connectivity index (χ4n) is 3.33. The average molecular weight is 410 g/mol. The lowest BCUT2D eigenvalue weighted by Crippen LogP contribution is -2.40. The maximum atomic E-state index is 14.7. The minimum absolute atomic E-state index is 0.0313. The highest BCUT2D eigenvalue weighted by atomic mass is 19.1. The number of benzene rings is 1. The van der Waals surface area contributed by atoms with Crippen LogP contribution in [-0.4, -0.2) is 28.0 Å². The van der Waals surface area contributed by atoms with Gasteiger partial charge < -0.3 is 22.1 Å². The van der Waals surface area contributed by atoms with Crippen LogP contribution >= 0.6 is 0 Å². The molecule has 0 saturated carbocycles. The van der Waals surface area contributed by atoms with Crippen LogP contribution in [0.25, 0.3) is 10.9 Å². The molecule has 7 nitrogen and oxygen atoms in total. The minimum Gasteiger partial charge on any atom is -0.365 e. The minimum atomic E-state index is -0.770. The van der Waals surface area contributed by atoms with E-state index in [2.05, 4.69) is 20.6 Å². The van der Waals surface area contributed by atoms with Gasteiger partial charge in [-0.1, -0.05) is 26.3 Å². The maximum absolute atomic E-state index is 14.7. The summed E-state index contributed by atoms with van der Waals surface area (Å²) in [7, 11) is 0. The third kappa shape index (κ3) is 4.83. The first-order valence-corrected chi connectivity index (χ1v) is 10.1. The third-order valence-electron chi connectivity index (χ3n) is 5.02. The highest BCUT2D eigenvalue weighted by molar-refractivity contribution is 5.99. The van der Waals surface area contributed by atoms with Crippen LogP contribution in [0.4, 0.5) is 21.7 Å². The second-order valence-corrected chi connectivity index (χ2v) is 7.23. The molecule has 0 spiro atoms. The number of nitrogens with two attached hydrogens (primary N) is 2. The van der Waals surface area contributed by atoms with Crippen LogP contribution in [-0.2, 0) is 0 Å². The largest absolute Gasteiger partial charge is 0.365 e. The van der Waals surface area contributed by atoms with Crippen LogP contribution in [0.2, 0.25) is 0 Å². The Balaban J connectivity index is 1.97. The number of hydrogen-bond donors (Lipinski definition) is 4. The molecule has 0 aliphatic rings. The molecule has 6 N–H and O–H groups in total. The van der Waals surface area contributed by atoms with Crippen molar-refractivity contribution in [2.75, 3.05) is 10.6 Å². The van der Waals surface area contributed by atoms with Gasteiger partial charge >= 0.3 is 0 Å². The molecule has 8 heteroatoms. The van der Waals surface area contributed by atoms with Gasteiger partial charge in [-0.3, -0.25) is 9.78 Å². The van der Waals surface area contributed by atoms with Gasteiger partial charge in [0.05, 0.1) is 11.1 Å². The molecule has 0 aliphatic heterocycles. The summed E-state index contributed by atoms with van der Waals surface area (Å²) in [5, 5.41) is 7.11. The molecule has 30 heavy (non-hydrogen) atoms. The van der Waals surface area contributed by atoms with Crippen molar-refractivity contribution in [3.05, 3.63) is 54.0 Å². The summed E-state index contributed by atoms with van der Waals surface area (Å²) in [6.45, 7) is 4.02. The maximum Gasteiger partial charge on any atom is 0.252 e. The molecule has 2 heterocycles. The summed E-state index contributed by atoms with van der Waals surface area (Å²) in [6, 6.07) is 10.1. The molecular formula is C22H27FN6O. The van der Waals surface area contributed by atoms with E-state index < -0.39 is 11.7 Å². The van der Waals surface area contributed by atoms with Gasteiger partial charge in [0.2, 0.25) is 0 Å². The highest BCUT2D eigenvalue weighted by Gasteiger charge is 2.21. The zero-order valence-corrected chi connectivity index (χ0v) is 17.2. The molecule has 1 aromatic carbocycles. The van der Waals surface area contributed by atoms with Gasteiger partial charge in [-0.2, -0.15) is 0 Å². The smallest absolute Gasteiger partial charge is 0.252 e. The monoisotopic (exact) mass is 410 g/mol. The van der Waals surface area contributed by atoms with E-state index in [-0.39, 0.29) is 29.3 Å². The van der Waals surface area contributed by atoms with Crippen molar-refractivity contribution < 1.29 is 9.18 Å². The van der Waals surface area contributed by atoms with E-state index >= 15 is 0 Å². The molecule has 0 fully saturated rings. The Morgan fingerprint density at radius 2 is 2.00 bits per heavy atom. The topological polar surface area (TPSA) is 119 Å². The summed E-state index contributed by atoms with van der Waals surface area (Å²) in [5.74, 6) is -1.21. The first-order valence-electron chi connectivity index (χ1n) is 10.1. The predicted molar refractivity (Wildman–Crippen MR) is 118 cm³/mol. The predicted octanol–water partition coefficient (Wildman–Crippen LogP) is 3.93. The lowest BCUT2D eigenvalue weighted by molar-refractivity contribution is 0.100. The zero-order chi connectivity index (χ0) is 21.7. The van der Waals surface area contributed by atoms with Crippen molar-refractivity contribution in [3.63, 3.8) is 0 Å². The van der Waals surface area contributed by atoms with Crippen molar-refractivity contribution in [2.24, 2.45) is 11.5 Å². The van der Waals surface area contributed by atoms with Crippen LogP contribution in [0.15, 0.2) is 42.6 Å². The number of rotatable bonds is 9. The molecule has 3 rings (SSSR count). The summed E-state index contributed by atoms with van der Waals surface area (Å²) >= 11 is 0. The number of nitrogens with one attached hydrogen (secondary N) is 2. The molecule has 1 amide bonds.